The number of alkyl halides is 1. The number of nitrogen functional groups attached to an aromatic ring is 1. The van der Waals surface area contributed by atoms with Gasteiger partial charge in [0.2, 0.25) is 17.7 Å². The summed E-state index contributed by atoms with van der Waals surface area (Å²) in [4.78, 5) is 75.5. The van der Waals surface area contributed by atoms with Crippen LogP contribution in [0.15, 0.2) is 58.0 Å². The Morgan fingerprint density at radius 3 is 2.45 bits per heavy atom. The molecule has 7 N–H and O–H groups in total. The third-order valence-corrected chi connectivity index (χ3v) is 17.5. The minimum absolute atomic E-state index is 0.0795. The molecule has 0 bridgehead atoms. The van der Waals surface area contributed by atoms with E-state index in [1.807, 2.05) is 63.5 Å². The molecule has 16 nitrogen and oxygen atoms in total. The number of hydrogen-bond acceptors (Lipinski definition) is 14. The van der Waals surface area contributed by atoms with Crippen molar-refractivity contribution in [3.05, 3.63) is 64.4 Å². The van der Waals surface area contributed by atoms with Crippen LogP contribution < -0.4 is 37.1 Å². The average molecular weight is 1060 g/mol. The summed E-state index contributed by atoms with van der Waals surface area (Å²) in [6, 6.07) is 9.80. The van der Waals surface area contributed by atoms with Gasteiger partial charge in [0.25, 0.3) is 5.91 Å². The van der Waals surface area contributed by atoms with E-state index in [1.54, 1.807) is 23.6 Å². The normalized spacial score (nSPS) is 19.3. The number of anilines is 3. The zero-order chi connectivity index (χ0) is 52.1. The topological polar surface area (TPSA) is 214 Å². The first kappa shape index (κ1) is 54.2. The van der Waals surface area contributed by atoms with E-state index < -0.39 is 29.1 Å². The Labute approximate surface area is 441 Å². The standard InChI is InChI=1S/C53H71ClFN11O5S2/c1-33-44(72-32-60-33)35-12-13-36(29-58-47(68)38-10-7-21-66(38)49(69)45(51(2,3)4)63-50(70)53(55)16-17-53)39(28-35)71-26-8-20-64-22-14-34(15-23-64)27-42(67)61-37-9-6-11-40(43(37)54)73-48-46(57)62-41(30-59-48)65-24-18-52(5,31-56)19-25-65/h6,9,11-13,28,30,32,34,38,45H,7-8,10,14-27,29,31,56H2,1-5H3,(H2,57,62)(H,58,68)(H,61,67)(H,63,70)/t38-,45+/m0/s1. The molecule has 3 saturated heterocycles. The van der Waals surface area contributed by atoms with E-state index in [4.69, 9.17) is 27.8 Å². The highest BCUT2D eigenvalue weighted by Crippen LogP contribution is 2.42. The third kappa shape index (κ3) is 13.4. The van der Waals surface area contributed by atoms with Crippen molar-refractivity contribution < 1.29 is 28.3 Å². The summed E-state index contributed by atoms with van der Waals surface area (Å²) in [7, 11) is 0. The molecule has 2 aromatic heterocycles. The van der Waals surface area contributed by atoms with E-state index in [0.29, 0.717) is 66.3 Å². The number of likely N-dealkylation sites (tertiary alicyclic amines) is 2. The van der Waals surface area contributed by atoms with E-state index in [9.17, 15) is 23.6 Å². The van der Waals surface area contributed by atoms with Crippen LogP contribution in [-0.4, -0.2) is 119 Å². The fraction of sp³-hybridized carbons (Fsp3) is 0.566. The van der Waals surface area contributed by atoms with Crippen molar-refractivity contribution >= 4 is 75.7 Å². The Bertz CT molecular complexity index is 2630. The second-order valence-corrected chi connectivity index (χ2v) is 23.9. The molecule has 1 saturated carbocycles. The van der Waals surface area contributed by atoms with Crippen LogP contribution in [-0.2, 0) is 25.7 Å². The Balaban J connectivity index is 0.798. The Kier molecular flexibility index (Phi) is 17.2. The smallest absolute Gasteiger partial charge is 0.258 e. The highest BCUT2D eigenvalue weighted by atomic mass is 35.5. The summed E-state index contributed by atoms with van der Waals surface area (Å²) in [6.45, 7) is 15.6. The fourth-order valence-corrected chi connectivity index (χ4v) is 11.7. The molecule has 4 aromatic rings. The predicted molar refractivity (Wildman–Crippen MR) is 286 cm³/mol. The van der Waals surface area contributed by atoms with Gasteiger partial charge in [0.05, 0.1) is 39.6 Å². The summed E-state index contributed by atoms with van der Waals surface area (Å²) in [5, 5.41) is 9.75. The lowest BCUT2D eigenvalue weighted by atomic mass is 9.80. The fourth-order valence-electron chi connectivity index (χ4n) is 9.80. The second-order valence-electron chi connectivity index (χ2n) is 21.6. The molecule has 1 aliphatic carbocycles. The van der Waals surface area contributed by atoms with Crippen LogP contribution >= 0.6 is 34.7 Å². The van der Waals surface area contributed by atoms with E-state index in [1.165, 1.54) is 16.7 Å². The van der Waals surface area contributed by atoms with Gasteiger partial charge in [0.1, 0.15) is 28.7 Å². The van der Waals surface area contributed by atoms with Gasteiger partial charge in [-0.05, 0) is 125 Å². The number of ether oxygens (including phenoxy) is 1. The third-order valence-electron chi connectivity index (χ3n) is 14.9. The summed E-state index contributed by atoms with van der Waals surface area (Å²) in [6.07, 6.45) is 8.09. The molecule has 3 aliphatic heterocycles. The molecule has 0 spiro atoms. The molecule has 4 amide bonds. The zero-order valence-corrected chi connectivity index (χ0v) is 45.1. The van der Waals surface area contributed by atoms with Crippen molar-refractivity contribution in [2.24, 2.45) is 22.5 Å². The first-order valence-corrected chi connectivity index (χ1v) is 27.7. The molecular formula is C53H71ClFN11O5S2. The van der Waals surface area contributed by atoms with Gasteiger partial charge in [-0.25, -0.2) is 19.3 Å². The Hall–Kier alpha value is -5.08. The Morgan fingerprint density at radius 1 is 1.03 bits per heavy atom. The molecular weight excluding hydrogens is 989 g/mol. The largest absolute Gasteiger partial charge is 0.493 e. The van der Waals surface area contributed by atoms with Gasteiger partial charge in [-0.2, -0.15) is 0 Å². The van der Waals surface area contributed by atoms with Crippen LogP contribution in [0.25, 0.3) is 10.4 Å². The maximum atomic E-state index is 14.7. The Morgan fingerprint density at radius 2 is 1.78 bits per heavy atom. The number of nitrogens with two attached hydrogens (primary N) is 2. The lowest BCUT2D eigenvalue weighted by Crippen LogP contribution is -2.58. The summed E-state index contributed by atoms with van der Waals surface area (Å²) in [5.74, 6) is 0.456. The van der Waals surface area contributed by atoms with Crippen LogP contribution in [0, 0.1) is 23.7 Å². The van der Waals surface area contributed by atoms with Gasteiger partial charge < -0.3 is 46.9 Å². The quantitative estimate of drug-likeness (QED) is 0.0564. The van der Waals surface area contributed by atoms with Crippen LogP contribution in [0.3, 0.4) is 0 Å². The summed E-state index contributed by atoms with van der Waals surface area (Å²) < 4.78 is 21.1. The van der Waals surface area contributed by atoms with Gasteiger partial charge >= 0.3 is 0 Å². The number of amides is 4. The molecule has 0 unspecified atom stereocenters. The van der Waals surface area contributed by atoms with Gasteiger partial charge in [-0.1, -0.05) is 69.3 Å². The predicted octanol–water partition coefficient (Wildman–Crippen LogP) is 8.01. The molecule has 8 rings (SSSR count). The average Bonchev–Trinajstić information content (AvgIpc) is 3.69. The number of piperidine rings is 2. The molecule has 2 atom stereocenters. The van der Waals surface area contributed by atoms with Crippen LogP contribution in [0.2, 0.25) is 5.02 Å². The minimum atomic E-state index is -1.92. The van der Waals surface area contributed by atoms with Gasteiger partial charge in [0.15, 0.2) is 11.5 Å². The number of carbonyl (C=O) groups excluding carboxylic acids is 4. The highest BCUT2D eigenvalue weighted by Gasteiger charge is 2.53. The molecule has 5 heterocycles. The number of aryl methyl sites for hydroxylation is 1. The SMILES string of the molecule is Cc1ncsc1-c1ccc(CNC(=O)[C@@H]2CCCN2C(=O)[C@@H](NC(=O)C2(F)CC2)C(C)(C)C)c(OCCCN2CCC(CC(=O)Nc3cccc(Sc4ncc(N5CCC(C)(CN)CC5)nc4N)c3Cl)CC2)c1. The first-order chi connectivity index (χ1) is 34.8. The van der Waals surface area contributed by atoms with Crippen LogP contribution in [0.4, 0.5) is 21.7 Å². The minimum Gasteiger partial charge on any atom is -0.493 e. The van der Waals surface area contributed by atoms with Crippen molar-refractivity contribution in [1.82, 2.24) is 35.4 Å². The van der Waals surface area contributed by atoms with Crippen molar-refractivity contribution in [2.45, 2.75) is 133 Å². The number of hydrogen-bond donors (Lipinski definition) is 5. The number of thiazole rings is 1. The van der Waals surface area contributed by atoms with Crippen molar-refractivity contribution in [3.63, 3.8) is 0 Å². The van der Waals surface area contributed by atoms with Gasteiger partial charge in [0, 0.05) is 49.6 Å². The summed E-state index contributed by atoms with van der Waals surface area (Å²) in [5.41, 5.74) is 15.0. The molecule has 2 aromatic carbocycles. The molecule has 4 fully saturated rings. The maximum absolute atomic E-state index is 14.7. The van der Waals surface area contributed by atoms with Crippen molar-refractivity contribution in [3.8, 4) is 16.2 Å². The monoisotopic (exact) mass is 1060 g/mol. The second kappa shape index (κ2) is 23.2. The number of carbonyl (C=O) groups is 4. The van der Waals surface area contributed by atoms with E-state index in [2.05, 4.69) is 47.6 Å². The van der Waals surface area contributed by atoms with Crippen molar-refractivity contribution in [1.29, 1.82) is 0 Å². The van der Waals surface area contributed by atoms with Crippen molar-refractivity contribution in [2.75, 3.05) is 68.4 Å². The summed E-state index contributed by atoms with van der Waals surface area (Å²) >= 11 is 9.73. The number of rotatable bonds is 19. The highest BCUT2D eigenvalue weighted by molar-refractivity contribution is 7.99. The first-order valence-electron chi connectivity index (χ1n) is 25.6. The molecule has 73 heavy (non-hydrogen) atoms. The number of aromatic nitrogens is 3. The molecule has 4 aliphatic rings. The number of nitrogens with zero attached hydrogens (tertiary/aromatic N) is 6. The van der Waals surface area contributed by atoms with E-state index in [0.717, 1.165) is 97.2 Å². The molecule has 0 radical (unpaired) electrons. The lowest BCUT2D eigenvalue weighted by molar-refractivity contribution is -0.144. The molecule has 20 heteroatoms. The number of halogens is 2. The van der Waals surface area contributed by atoms with E-state index >= 15 is 0 Å². The number of benzene rings is 2. The number of nitrogens with one attached hydrogen (secondary N) is 3. The van der Waals surface area contributed by atoms with Gasteiger partial charge in [-0.3, -0.25) is 19.2 Å². The van der Waals surface area contributed by atoms with Crippen LogP contribution in [0.5, 0.6) is 5.75 Å². The lowest BCUT2D eigenvalue weighted by Gasteiger charge is -2.39. The molecule has 394 valence electrons. The maximum Gasteiger partial charge on any atom is 0.258 e. The van der Waals surface area contributed by atoms with E-state index in [-0.39, 0.29) is 48.4 Å². The zero-order valence-electron chi connectivity index (χ0n) is 42.7. The van der Waals surface area contributed by atoms with Gasteiger partial charge in [-0.15, -0.1) is 11.3 Å². The van der Waals surface area contributed by atoms with Crippen LogP contribution in [0.1, 0.15) is 103 Å².